The number of nitrogens with one attached hydrogen (secondary N) is 2. The second kappa shape index (κ2) is 13.3. The van der Waals surface area contributed by atoms with Gasteiger partial charge in [-0.15, -0.1) is 0 Å². The number of hydrogen-bond donors (Lipinski definition) is 2. The average molecular weight is 509 g/mol. The minimum absolute atomic E-state index is 0.0909. The lowest BCUT2D eigenvalue weighted by Gasteiger charge is -2.09. The summed E-state index contributed by atoms with van der Waals surface area (Å²) in [4.78, 5) is 24.6. The van der Waals surface area contributed by atoms with Crippen molar-refractivity contribution in [3.63, 3.8) is 0 Å². The number of benzene rings is 2. The number of methoxy groups -OCH3 is 2. The van der Waals surface area contributed by atoms with Crippen LogP contribution >= 0.6 is 0 Å². The van der Waals surface area contributed by atoms with Gasteiger partial charge in [0.15, 0.2) is 34.5 Å². The van der Waals surface area contributed by atoms with Gasteiger partial charge in [-0.2, -0.15) is 10.2 Å². The number of ether oxygens (including phenoxy) is 4. The van der Waals surface area contributed by atoms with Gasteiger partial charge in [0.25, 0.3) is 0 Å². The van der Waals surface area contributed by atoms with Gasteiger partial charge in [0.2, 0.25) is 0 Å². The Bertz CT molecular complexity index is 1190. The Labute approximate surface area is 214 Å². The van der Waals surface area contributed by atoms with Gasteiger partial charge in [0.1, 0.15) is 0 Å². The number of carbonyl (C=O) groups excluding carboxylic acids is 2. The molecule has 0 spiro atoms. The topological polar surface area (TPSA) is 133 Å². The molecule has 0 radical (unpaired) electrons. The summed E-state index contributed by atoms with van der Waals surface area (Å²) >= 11 is 0. The average Bonchev–Trinajstić information content (AvgIpc) is 3.41. The summed E-state index contributed by atoms with van der Waals surface area (Å²) < 4.78 is 26.8. The maximum Gasteiger partial charge on any atom is 0.307 e. The molecule has 0 atom stereocenters. The van der Waals surface area contributed by atoms with Crippen molar-refractivity contribution in [2.45, 2.75) is 13.8 Å². The molecule has 0 aliphatic rings. The number of carbonyl (C=O) groups is 2. The molecule has 0 saturated carbocycles. The minimum atomic E-state index is -0.627. The normalized spacial score (nSPS) is 10.9. The van der Waals surface area contributed by atoms with E-state index in [0.717, 1.165) is 0 Å². The van der Waals surface area contributed by atoms with Crippen LogP contribution in [0.1, 0.15) is 46.1 Å². The number of rotatable bonds is 12. The van der Waals surface area contributed by atoms with E-state index >= 15 is 0 Å². The van der Waals surface area contributed by atoms with Gasteiger partial charge in [-0.25, -0.2) is 10.9 Å². The van der Waals surface area contributed by atoms with Crippen LogP contribution in [0.2, 0.25) is 0 Å². The molecule has 0 aliphatic carbocycles. The maximum atomic E-state index is 12.3. The number of amides is 2. The third-order valence-electron chi connectivity index (χ3n) is 4.79. The highest BCUT2D eigenvalue weighted by Crippen LogP contribution is 2.28. The van der Waals surface area contributed by atoms with E-state index in [0.29, 0.717) is 47.3 Å². The summed E-state index contributed by atoms with van der Waals surface area (Å²) in [5.41, 5.74) is 6.06. The molecule has 11 heteroatoms. The number of nitrogens with zero attached hydrogens (tertiary/aromatic N) is 2. The predicted octanol–water partition coefficient (Wildman–Crippen LogP) is 3.62. The number of furan rings is 1. The van der Waals surface area contributed by atoms with Crippen molar-refractivity contribution in [2.75, 3.05) is 27.4 Å². The first-order chi connectivity index (χ1) is 18.0. The highest BCUT2D eigenvalue weighted by atomic mass is 16.5. The van der Waals surface area contributed by atoms with E-state index in [2.05, 4.69) is 21.1 Å². The van der Waals surface area contributed by atoms with E-state index in [1.165, 1.54) is 38.8 Å². The smallest absolute Gasteiger partial charge is 0.307 e. The quantitative estimate of drug-likeness (QED) is 0.282. The fourth-order valence-electron chi connectivity index (χ4n) is 3.10. The van der Waals surface area contributed by atoms with Crippen molar-refractivity contribution in [1.29, 1.82) is 0 Å². The first-order valence-corrected chi connectivity index (χ1v) is 11.4. The van der Waals surface area contributed by atoms with Crippen LogP contribution in [0.3, 0.4) is 0 Å². The third-order valence-corrected chi connectivity index (χ3v) is 4.79. The number of hydrogen-bond acceptors (Lipinski definition) is 9. The van der Waals surface area contributed by atoms with Crippen LogP contribution in [0.5, 0.6) is 23.0 Å². The molecule has 0 aliphatic heterocycles. The zero-order chi connectivity index (χ0) is 26.6. The van der Waals surface area contributed by atoms with Crippen LogP contribution in [-0.4, -0.2) is 51.7 Å². The van der Waals surface area contributed by atoms with E-state index in [-0.39, 0.29) is 11.5 Å². The van der Waals surface area contributed by atoms with E-state index in [1.54, 1.807) is 36.4 Å². The highest BCUT2D eigenvalue weighted by molar-refractivity contribution is 5.96. The summed E-state index contributed by atoms with van der Waals surface area (Å²) in [7, 11) is 3.07. The summed E-state index contributed by atoms with van der Waals surface area (Å²) in [6.45, 7) is 4.77. The first-order valence-electron chi connectivity index (χ1n) is 11.4. The fraction of sp³-hybridized carbons (Fsp3) is 0.231. The van der Waals surface area contributed by atoms with Crippen LogP contribution in [0.15, 0.2) is 63.2 Å². The molecule has 3 rings (SSSR count). The summed E-state index contributed by atoms with van der Waals surface area (Å²) in [5.74, 6) is 0.869. The Balaban J connectivity index is 1.55. The lowest BCUT2D eigenvalue weighted by atomic mass is 10.2. The molecule has 0 fully saturated rings. The van der Waals surface area contributed by atoms with Gasteiger partial charge < -0.3 is 23.4 Å². The zero-order valence-corrected chi connectivity index (χ0v) is 20.9. The Kier molecular flexibility index (Phi) is 9.66. The van der Waals surface area contributed by atoms with E-state index in [4.69, 9.17) is 23.4 Å². The van der Waals surface area contributed by atoms with Crippen LogP contribution in [-0.2, 0) is 0 Å². The van der Waals surface area contributed by atoms with Crippen molar-refractivity contribution < 1.29 is 33.0 Å². The molecule has 0 unspecified atom stereocenters. The summed E-state index contributed by atoms with van der Waals surface area (Å²) in [6, 6.07) is 13.2. The van der Waals surface area contributed by atoms with E-state index < -0.39 is 11.8 Å². The van der Waals surface area contributed by atoms with Crippen molar-refractivity contribution in [3.05, 3.63) is 71.2 Å². The summed E-state index contributed by atoms with van der Waals surface area (Å²) in [6.07, 6.45) is 2.88. The van der Waals surface area contributed by atoms with Crippen molar-refractivity contribution in [3.8, 4) is 23.0 Å². The van der Waals surface area contributed by atoms with Crippen molar-refractivity contribution in [1.82, 2.24) is 10.9 Å². The first kappa shape index (κ1) is 26.8. The lowest BCUT2D eigenvalue weighted by molar-refractivity contribution is 0.0902. The Morgan fingerprint density at radius 3 is 1.54 bits per heavy atom. The van der Waals surface area contributed by atoms with Crippen LogP contribution in [0.4, 0.5) is 0 Å². The SMILES string of the molecule is CCOc1ccc(/C=N\NC(=O)c2ccc(C(=O)N/N=C\c3ccc(OCC)c(OC)c3)o2)cc1OC. The highest BCUT2D eigenvalue weighted by Gasteiger charge is 2.15. The Morgan fingerprint density at radius 2 is 1.16 bits per heavy atom. The van der Waals surface area contributed by atoms with Crippen molar-refractivity contribution >= 4 is 24.2 Å². The van der Waals surface area contributed by atoms with Gasteiger partial charge in [-0.1, -0.05) is 0 Å². The monoisotopic (exact) mass is 508 g/mol. The van der Waals surface area contributed by atoms with Gasteiger partial charge in [-0.05, 0) is 73.5 Å². The Hall–Kier alpha value is -4.80. The molecule has 11 nitrogen and oxygen atoms in total. The van der Waals surface area contributed by atoms with Crippen LogP contribution in [0, 0.1) is 0 Å². The third kappa shape index (κ3) is 7.34. The molecule has 37 heavy (non-hydrogen) atoms. The predicted molar refractivity (Wildman–Crippen MR) is 137 cm³/mol. The lowest BCUT2D eigenvalue weighted by Crippen LogP contribution is -2.18. The molecule has 2 N–H and O–H groups in total. The van der Waals surface area contributed by atoms with E-state index in [9.17, 15) is 9.59 Å². The molecule has 0 saturated heterocycles. The minimum Gasteiger partial charge on any atom is -0.493 e. The molecular formula is C26H28N4O7. The molecular weight excluding hydrogens is 480 g/mol. The van der Waals surface area contributed by atoms with Crippen LogP contribution in [0.25, 0.3) is 0 Å². The summed E-state index contributed by atoms with van der Waals surface area (Å²) in [5, 5.41) is 7.83. The fourth-order valence-corrected chi connectivity index (χ4v) is 3.10. The molecule has 0 bridgehead atoms. The second-order valence-electron chi connectivity index (χ2n) is 7.25. The molecule has 2 aromatic carbocycles. The number of hydrazone groups is 2. The molecule has 2 amide bonds. The second-order valence-corrected chi connectivity index (χ2v) is 7.25. The van der Waals surface area contributed by atoms with Crippen molar-refractivity contribution in [2.24, 2.45) is 10.2 Å². The van der Waals surface area contributed by atoms with E-state index in [1.807, 2.05) is 13.8 Å². The standard InChI is InChI=1S/C26H28N4O7/c1-5-35-19-9-7-17(13-23(19)33-3)15-27-29-25(31)21-11-12-22(37-21)26(32)30-28-16-18-8-10-20(36-6-2)24(14-18)34-4/h7-16H,5-6H2,1-4H3,(H,29,31)(H,30,32)/b27-15-,28-16-. The molecule has 1 aromatic heterocycles. The largest absolute Gasteiger partial charge is 0.493 e. The van der Waals surface area contributed by atoms with Crippen LogP contribution < -0.4 is 29.8 Å². The molecule has 194 valence electrons. The van der Waals surface area contributed by atoms with Gasteiger partial charge in [0, 0.05) is 0 Å². The molecule has 3 aromatic rings. The maximum absolute atomic E-state index is 12.3. The Morgan fingerprint density at radius 1 is 0.730 bits per heavy atom. The van der Waals surface area contributed by atoms with Gasteiger partial charge >= 0.3 is 11.8 Å². The van der Waals surface area contributed by atoms with Gasteiger partial charge in [-0.3, -0.25) is 9.59 Å². The van der Waals surface area contributed by atoms with Gasteiger partial charge in [0.05, 0.1) is 39.9 Å². The molecule has 1 heterocycles. The zero-order valence-electron chi connectivity index (χ0n) is 20.9.